The molecule has 0 saturated heterocycles. The van der Waals surface area contributed by atoms with E-state index >= 15 is 0 Å². The minimum Gasteiger partial charge on any atom is -0.389 e. The van der Waals surface area contributed by atoms with Gasteiger partial charge in [-0.15, -0.1) is 0 Å². The highest BCUT2D eigenvalue weighted by atomic mass is 32.2. The van der Waals surface area contributed by atoms with Crippen molar-refractivity contribution in [2.24, 2.45) is 11.1 Å². The van der Waals surface area contributed by atoms with Crippen LogP contribution < -0.4 is 10.5 Å². The minimum atomic E-state index is -3.86. The largest absolute Gasteiger partial charge is 0.389 e. The Morgan fingerprint density at radius 2 is 2.05 bits per heavy atom. The molecule has 0 amide bonds. The molecule has 0 aliphatic rings. The van der Waals surface area contributed by atoms with E-state index in [2.05, 4.69) is 4.72 Å². The summed E-state index contributed by atoms with van der Waals surface area (Å²) in [6, 6.07) is 3.74. The second kappa shape index (κ2) is 6.15. The number of halogens is 1. The first-order valence-electron chi connectivity index (χ1n) is 6.19. The van der Waals surface area contributed by atoms with Crippen LogP contribution in [0, 0.1) is 11.2 Å². The van der Waals surface area contributed by atoms with Crippen LogP contribution in [-0.2, 0) is 10.0 Å². The molecule has 3 N–H and O–H groups in total. The van der Waals surface area contributed by atoms with Gasteiger partial charge < -0.3 is 5.73 Å². The third-order valence-corrected chi connectivity index (χ3v) is 4.86. The molecule has 0 aliphatic heterocycles. The second-order valence-electron chi connectivity index (χ2n) is 5.32. The maximum atomic E-state index is 13.7. The van der Waals surface area contributed by atoms with Gasteiger partial charge >= 0.3 is 0 Å². The van der Waals surface area contributed by atoms with Gasteiger partial charge in [0.05, 0.1) is 10.5 Å². The molecular formula is C13H19FN2O2S2. The van der Waals surface area contributed by atoms with Crippen molar-refractivity contribution in [1.82, 2.24) is 4.72 Å². The van der Waals surface area contributed by atoms with Crippen LogP contribution in [0.25, 0.3) is 0 Å². The molecule has 0 fully saturated rings. The summed E-state index contributed by atoms with van der Waals surface area (Å²) in [5.41, 5.74) is 4.98. The molecule has 0 atom stereocenters. The number of hydrogen-bond acceptors (Lipinski definition) is 3. The smallest absolute Gasteiger partial charge is 0.241 e. The Bertz CT molecular complexity index is 613. The zero-order valence-electron chi connectivity index (χ0n) is 11.7. The molecule has 0 spiro atoms. The van der Waals surface area contributed by atoms with Crippen LogP contribution in [0.15, 0.2) is 23.1 Å². The highest BCUT2D eigenvalue weighted by Crippen LogP contribution is 2.22. The lowest BCUT2D eigenvalue weighted by Crippen LogP contribution is -2.34. The van der Waals surface area contributed by atoms with Crippen molar-refractivity contribution in [2.75, 3.05) is 6.54 Å². The summed E-state index contributed by atoms with van der Waals surface area (Å²) in [5, 5.41) is 0. The first-order chi connectivity index (χ1) is 9.10. The van der Waals surface area contributed by atoms with Crippen molar-refractivity contribution in [3.05, 3.63) is 29.6 Å². The second-order valence-corrected chi connectivity index (χ2v) is 7.49. The third-order valence-electron chi connectivity index (χ3n) is 3.21. The Kier molecular flexibility index (Phi) is 5.23. The molecule has 1 aromatic rings. The number of sulfonamides is 1. The van der Waals surface area contributed by atoms with Gasteiger partial charge in [-0.05, 0) is 24.0 Å². The molecule has 0 aliphatic carbocycles. The molecule has 112 valence electrons. The molecular weight excluding hydrogens is 299 g/mol. The van der Waals surface area contributed by atoms with E-state index in [1.807, 2.05) is 20.8 Å². The maximum absolute atomic E-state index is 13.7. The summed E-state index contributed by atoms with van der Waals surface area (Å²) >= 11 is 4.73. The lowest BCUT2D eigenvalue weighted by molar-refractivity contribution is 0.350. The van der Waals surface area contributed by atoms with Crippen LogP contribution in [-0.4, -0.2) is 20.0 Å². The minimum absolute atomic E-state index is 0.191. The van der Waals surface area contributed by atoms with Crippen LogP contribution in [0.1, 0.15) is 32.8 Å². The SMILES string of the molecule is CCC(C)(C)CNS(=O)(=O)c1cccc(F)c1C(N)=S. The van der Waals surface area contributed by atoms with Crippen molar-refractivity contribution in [1.29, 1.82) is 0 Å². The number of nitrogens with one attached hydrogen (secondary N) is 1. The van der Waals surface area contributed by atoms with Crippen molar-refractivity contribution in [2.45, 2.75) is 32.1 Å². The van der Waals surface area contributed by atoms with Crippen LogP contribution >= 0.6 is 12.2 Å². The summed E-state index contributed by atoms with van der Waals surface area (Å²) in [4.78, 5) is -0.505. The van der Waals surface area contributed by atoms with Gasteiger partial charge in [0.25, 0.3) is 0 Å². The fourth-order valence-electron chi connectivity index (χ4n) is 1.46. The molecule has 1 aromatic carbocycles. The summed E-state index contributed by atoms with van der Waals surface area (Å²) in [5.74, 6) is -0.741. The average Bonchev–Trinajstić information content (AvgIpc) is 2.36. The number of thiocarbonyl (C=S) groups is 1. The third kappa shape index (κ3) is 3.97. The van der Waals surface area contributed by atoms with Gasteiger partial charge in [-0.3, -0.25) is 0 Å². The van der Waals surface area contributed by atoms with Gasteiger partial charge in [0, 0.05) is 6.54 Å². The number of hydrogen-bond donors (Lipinski definition) is 2. The van der Waals surface area contributed by atoms with Gasteiger partial charge in [0.15, 0.2) is 0 Å². The van der Waals surface area contributed by atoms with Gasteiger partial charge in [-0.2, -0.15) is 0 Å². The zero-order chi connectivity index (χ0) is 15.6. The molecule has 0 unspecified atom stereocenters. The number of benzene rings is 1. The van der Waals surface area contributed by atoms with Crippen LogP contribution in [0.5, 0.6) is 0 Å². The lowest BCUT2D eigenvalue weighted by atomic mass is 9.91. The topological polar surface area (TPSA) is 72.2 Å². The molecule has 0 bridgehead atoms. The first kappa shape index (κ1) is 17.0. The molecule has 0 saturated carbocycles. The molecule has 0 aromatic heterocycles. The molecule has 20 heavy (non-hydrogen) atoms. The molecule has 0 heterocycles. The fourth-order valence-corrected chi connectivity index (χ4v) is 3.20. The Labute approximate surface area is 124 Å². The quantitative estimate of drug-likeness (QED) is 0.789. The number of rotatable bonds is 6. The van der Waals surface area contributed by atoms with Crippen LogP contribution in [0.3, 0.4) is 0 Å². The van der Waals surface area contributed by atoms with Crippen molar-refractivity contribution < 1.29 is 12.8 Å². The molecule has 0 radical (unpaired) electrons. The molecule has 7 heteroatoms. The summed E-state index contributed by atoms with van der Waals surface area (Å²) in [6.45, 7) is 6.10. The highest BCUT2D eigenvalue weighted by Gasteiger charge is 2.25. The van der Waals surface area contributed by atoms with Crippen LogP contribution in [0.2, 0.25) is 0 Å². The van der Waals surface area contributed by atoms with E-state index < -0.39 is 15.8 Å². The van der Waals surface area contributed by atoms with E-state index in [1.54, 1.807) is 0 Å². The fraction of sp³-hybridized carbons (Fsp3) is 0.462. The molecule has 4 nitrogen and oxygen atoms in total. The lowest BCUT2D eigenvalue weighted by Gasteiger charge is -2.23. The maximum Gasteiger partial charge on any atom is 0.241 e. The van der Waals surface area contributed by atoms with Crippen LogP contribution in [0.4, 0.5) is 4.39 Å². The Morgan fingerprint density at radius 1 is 1.45 bits per heavy atom. The van der Waals surface area contributed by atoms with E-state index in [0.717, 1.165) is 12.5 Å². The van der Waals surface area contributed by atoms with E-state index in [0.29, 0.717) is 0 Å². The average molecular weight is 318 g/mol. The first-order valence-corrected chi connectivity index (χ1v) is 8.08. The van der Waals surface area contributed by atoms with Gasteiger partial charge in [-0.25, -0.2) is 17.5 Å². The predicted octanol–water partition coefficient (Wildman–Crippen LogP) is 2.17. The van der Waals surface area contributed by atoms with Crippen molar-refractivity contribution in [3.63, 3.8) is 0 Å². The van der Waals surface area contributed by atoms with Gasteiger partial charge in [-0.1, -0.05) is 39.1 Å². The monoisotopic (exact) mass is 318 g/mol. The standard InChI is InChI=1S/C13H19FN2O2S2/c1-4-13(2,3)8-16-20(17,18)10-7-5-6-9(14)11(10)12(15)19/h5-7,16H,4,8H2,1-3H3,(H2,15,19). The van der Waals surface area contributed by atoms with E-state index in [4.69, 9.17) is 18.0 Å². The van der Waals surface area contributed by atoms with Gasteiger partial charge in [0.2, 0.25) is 10.0 Å². The van der Waals surface area contributed by atoms with E-state index in [9.17, 15) is 12.8 Å². The molecule has 1 rings (SSSR count). The summed E-state index contributed by atoms with van der Waals surface area (Å²) in [6.07, 6.45) is 0.806. The van der Waals surface area contributed by atoms with E-state index in [-0.39, 0.29) is 27.4 Å². The van der Waals surface area contributed by atoms with Crippen molar-refractivity contribution in [3.8, 4) is 0 Å². The van der Waals surface area contributed by atoms with E-state index in [1.165, 1.54) is 12.1 Å². The van der Waals surface area contributed by atoms with Crippen molar-refractivity contribution >= 4 is 27.2 Å². The Balaban J connectivity index is 3.17. The Hall–Kier alpha value is -1.05. The summed E-state index contributed by atoms with van der Waals surface area (Å²) < 4.78 is 40.7. The summed E-state index contributed by atoms with van der Waals surface area (Å²) in [7, 11) is -3.86. The van der Waals surface area contributed by atoms with Gasteiger partial charge in [0.1, 0.15) is 10.8 Å². The number of nitrogens with two attached hydrogens (primary N) is 1. The Morgan fingerprint density at radius 3 is 2.55 bits per heavy atom. The highest BCUT2D eigenvalue weighted by molar-refractivity contribution is 7.89. The predicted molar refractivity (Wildman–Crippen MR) is 81.5 cm³/mol. The normalized spacial score (nSPS) is 12.4. The zero-order valence-corrected chi connectivity index (χ0v) is 13.4.